The van der Waals surface area contributed by atoms with Crippen LogP contribution in [0.1, 0.15) is 6.92 Å². The van der Waals surface area contributed by atoms with Gasteiger partial charge in [0.2, 0.25) is 0 Å². The van der Waals surface area contributed by atoms with Crippen LogP contribution in [0.3, 0.4) is 0 Å². The summed E-state index contributed by atoms with van der Waals surface area (Å²) in [7, 11) is -1.61. The van der Waals surface area contributed by atoms with E-state index < -0.39 is 10.1 Å². The second-order valence-corrected chi connectivity index (χ2v) is 5.24. The Hall–Kier alpha value is -1.07. The SMILES string of the molecule is CCN(C)CCS(=O)(=O)Oc1ccccc1. The minimum atomic E-state index is -3.48. The van der Waals surface area contributed by atoms with Crippen molar-refractivity contribution in [3.05, 3.63) is 30.3 Å². The number of para-hydroxylation sites is 1. The van der Waals surface area contributed by atoms with E-state index in [0.29, 0.717) is 12.3 Å². The Bertz CT molecular complexity index is 402. The van der Waals surface area contributed by atoms with Crippen LogP contribution in [0, 0.1) is 0 Å². The molecule has 0 bridgehead atoms. The first-order chi connectivity index (χ1) is 7.53. The standard InChI is InChI=1S/C11H17NO3S/c1-3-12(2)9-10-16(13,14)15-11-7-5-4-6-8-11/h4-8H,3,9-10H2,1-2H3. The highest BCUT2D eigenvalue weighted by Gasteiger charge is 2.13. The molecule has 1 rings (SSSR count). The maximum Gasteiger partial charge on any atom is 0.310 e. The zero-order valence-electron chi connectivity index (χ0n) is 9.59. The lowest BCUT2D eigenvalue weighted by atomic mass is 10.3. The molecule has 0 aliphatic carbocycles. The Kier molecular flexibility index (Phi) is 4.76. The van der Waals surface area contributed by atoms with Crippen LogP contribution >= 0.6 is 0 Å². The topological polar surface area (TPSA) is 46.6 Å². The van der Waals surface area contributed by atoms with Gasteiger partial charge in [0.1, 0.15) is 5.75 Å². The minimum absolute atomic E-state index is 0.00618. The molecular formula is C11H17NO3S. The number of benzene rings is 1. The number of hydrogen-bond donors (Lipinski definition) is 0. The lowest BCUT2D eigenvalue weighted by Gasteiger charge is -2.13. The molecule has 0 atom stereocenters. The number of hydrogen-bond acceptors (Lipinski definition) is 4. The zero-order chi connectivity index (χ0) is 12.0. The molecule has 0 amide bonds. The van der Waals surface area contributed by atoms with Gasteiger partial charge in [-0.05, 0) is 25.7 Å². The van der Waals surface area contributed by atoms with Gasteiger partial charge in [0, 0.05) is 6.54 Å². The van der Waals surface area contributed by atoms with Crippen molar-refractivity contribution >= 4 is 10.1 Å². The van der Waals surface area contributed by atoms with Crippen LogP contribution in [0.15, 0.2) is 30.3 Å². The fraction of sp³-hybridized carbons (Fsp3) is 0.455. The predicted octanol–water partition coefficient (Wildman–Crippen LogP) is 1.35. The Morgan fingerprint density at radius 3 is 2.44 bits per heavy atom. The molecule has 90 valence electrons. The molecule has 1 aromatic carbocycles. The largest absolute Gasteiger partial charge is 0.382 e. The van der Waals surface area contributed by atoms with E-state index in [1.54, 1.807) is 24.3 Å². The summed E-state index contributed by atoms with van der Waals surface area (Å²) >= 11 is 0. The third kappa shape index (κ3) is 4.63. The molecule has 0 N–H and O–H groups in total. The molecular weight excluding hydrogens is 226 g/mol. The first-order valence-electron chi connectivity index (χ1n) is 5.19. The lowest BCUT2D eigenvalue weighted by molar-refractivity contribution is 0.368. The number of rotatable bonds is 6. The van der Waals surface area contributed by atoms with Crippen LogP contribution in [0.2, 0.25) is 0 Å². The summed E-state index contributed by atoms with van der Waals surface area (Å²) in [5.41, 5.74) is 0. The Labute approximate surface area is 97.0 Å². The summed E-state index contributed by atoms with van der Waals surface area (Å²) < 4.78 is 28.1. The summed E-state index contributed by atoms with van der Waals surface area (Å²) in [5, 5.41) is 0. The normalized spacial score (nSPS) is 11.7. The van der Waals surface area contributed by atoms with Crippen molar-refractivity contribution in [3.8, 4) is 5.75 Å². The molecule has 16 heavy (non-hydrogen) atoms. The molecule has 1 aromatic rings. The van der Waals surface area contributed by atoms with Gasteiger partial charge in [-0.15, -0.1) is 0 Å². The monoisotopic (exact) mass is 243 g/mol. The van der Waals surface area contributed by atoms with Gasteiger partial charge in [0.05, 0.1) is 5.75 Å². The van der Waals surface area contributed by atoms with Crippen molar-refractivity contribution in [1.82, 2.24) is 4.90 Å². The van der Waals surface area contributed by atoms with E-state index in [2.05, 4.69) is 0 Å². The van der Waals surface area contributed by atoms with Gasteiger partial charge in [0.15, 0.2) is 0 Å². The first-order valence-corrected chi connectivity index (χ1v) is 6.77. The predicted molar refractivity (Wildman–Crippen MR) is 64.0 cm³/mol. The van der Waals surface area contributed by atoms with Gasteiger partial charge >= 0.3 is 10.1 Å². The fourth-order valence-corrected chi connectivity index (χ4v) is 2.11. The molecule has 0 saturated carbocycles. The molecule has 0 radical (unpaired) electrons. The van der Waals surface area contributed by atoms with Gasteiger partial charge < -0.3 is 9.08 Å². The highest BCUT2D eigenvalue weighted by atomic mass is 32.2. The first kappa shape index (κ1) is 13.0. The molecule has 0 unspecified atom stereocenters. The fourth-order valence-electron chi connectivity index (χ4n) is 1.09. The van der Waals surface area contributed by atoms with E-state index in [9.17, 15) is 8.42 Å². The van der Waals surface area contributed by atoms with Crippen molar-refractivity contribution < 1.29 is 12.6 Å². The second kappa shape index (κ2) is 5.86. The molecule has 0 aliphatic heterocycles. The molecule has 0 heterocycles. The van der Waals surface area contributed by atoms with Crippen molar-refractivity contribution in [1.29, 1.82) is 0 Å². The highest BCUT2D eigenvalue weighted by Crippen LogP contribution is 2.11. The summed E-state index contributed by atoms with van der Waals surface area (Å²) in [6.07, 6.45) is 0. The smallest absolute Gasteiger partial charge is 0.310 e. The summed E-state index contributed by atoms with van der Waals surface area (Å²) in [6, 6.07) is 8.54. The average Bonchev–Trinajstić information content (AvgIpc) is 2.27. The van der Waals surface area contributed by atoms with Crippen LogP contribution in [-0.2, 0) is 10.1 Å². The van der Waals surface area contributed by atoms with Gasteiger partial charge in [-0.3, -0.25) is 0 Å². The summed E-state index contributed by atoms with van der Waals surface area (Å²) in [6.45, 7) is 3.27. The van der Waals surface area contributed by atoms with Gasteiger partial charge in [-0.1, -0.05) is 25.1 Å². The Balaban J connectivity index is 2.53. The van der Waals surface area contributed by atoms with Crippen molar-refractivity contribution in [2.45, 2.75) is 6.92 Å². The lowest BCUT2D eigenvalue weighted by Crippen LogP contribution is -2.27. The molecule has 0 saturated heterocycles. The molecule has 0 spiro atoms. The van der Waals surface area contributed by atoms with Crippen molar-refractivity contribution in [2.75, 3.05) is 25.9 Å². The third-order valence-corrected chi connectivity index (χ3v) is 3.36. The van der Waals surface area contributed by atoms with Crippen LogP contribution in [0.5, 0.6) is 5.75 Å². The van der Waals surface area contributed by atoms with Crippen LogP contribution in [0.4, 0.5) is 0 Å². The van der Waals surface area contributed by atoms with Crippen LogP contribution in [0.25, 0.3) is 0 Å². The van der Waals surface area contributed by atoms with Crippen molar-refractivity contribution in [2.24, 2.45) is 0 Å². The molecule has 5 heteroatoms. The Morgan fingerprint density at radius 2 is 1.88 bits per heavy atom. The van der Waals surface area contributed by atoms with E-state index >= 15 is 0 Å². The average molecular weight is 243 g/mol. The van der Waals surface area contributed by atoms with Gasteiger partial charge in [-0.2, -0.15) is 8.42 Å². The zero-order valence-corrected chi connectivity index (χ0v) is 10.4. The van der Waals surface area contributed by atoms with E-state index in [4.69, 9.17) is 4.18 Å². The quantitative estimate of drug-likeness (QED) is 0.708. The van der Waals surface area contributed by atoms with E-state index in [1.165, 1.54) is 0 Å². The Morgan fingerprint density at radius 1 is 1.25 bits per heavy atom. The third-order valence-electron chi connectivity index (χ3n) is 2.23. The summed E-state index contributed by atoms with van der Waals surface area (Å²) in [5.74, 6) is 0.369. The summed E-state index contributed by atoms with van der Waals surface area (Å²) in [4.78, 5) is 1.92. The highest BCUT2D eigenvalue weighted by molar-refractivity contribution is 7.87. The molecule has 0 aliphatic rings. The van der Waals surface area contributed by atoms with E-state index in [0.717, 1.165) is 6.54 Å². The number of nitrogens with zero attached hydrogens (tertiary/aromatic N) is 1. The molecule has 0 aromatic heterocycles. The van der Waals surface area contributed by atoms with E-state index in [1.807, 2.05) is 24.9 Å². The van der Waals surface area contributed by atoms with Crippen LogP contribution < -0.4 is 4.18 Å². The van der Waals surface area contributed by atoms with Gasteiger partial charge in [-0.25, -0.2) is 0 Å². The van der Waals surface area contributed by atoms with E-state index in [-0.39, 0.29) is 5.75 Å². The molecule has 0 fully saturated rings. The minimum Gasteiger partial charge on any atom is -0.382 e. The maximum absolute atomic E-state index is 11.6. The van der Waals surface area contributed by atoms with Gasteiger partial charge in [0.25, 0.3) is 0 Å². The van der Waals surface area contributed by atoms with Crippen LogP contribution in [-0.4, -0.2) is 39.2 Å². The molecule has 4 nitrogen and oxygen atoms in total. The second-order valence-electron chi connectivity index (χ2n) is 3.55. The van der Waals surface area contributed by atoms with Crippen molar-refractivity contribution in [3.63, 3.8) is 0 Å². The maximum atomic E-state index is 11.6.